The average Bonchev–Trinajstić information content (AvgIpc) is 2.62. The second kappa shape index (κ2) is 9.56. The third-order valence-electron chi connectivity index (χ3n) is 3.70. The first-order chi connectivity index (χ1) is 12.5. The number of ether oxygens (including phenoxy) is 1. The quantitative estimate of drug-likeness (QED) is 0.705. The zero-order valence-corrected chi connectivity index (χ0v) is 15.4. The molecule has 1 heterocycles. The van der Waals surface area contributed by atoms with E-state index in [1.807, 2.05) is 0 Å². The molecule has 0 fully saturated rings. The predicted octanol–water partition coefficient (Wildman–Crippen LogP) is 3.78. The molecular formula is C20H25N3O3. The van der Waals surface area contributed by atoms with Crippen molar-refractivity contribution in [2.45, 2.75) is 27.2 Å². The summed E-state index contributed by atoms with van der Waals surface area (Å²) in [6.07, 6.45) is 2.53. The molecule has 0 bridgehead atoms. The normalized spacial score (nSPS) is 10.5. The first kappa shape index (κ1) is 19.4. The topological polar surface area (TPSA) is 80.3 Å². The van der Waals surface area contributed by atoms with E-state index in [0.717, 1.165) is 12.1 Å². The van der Waals surface area contributed by atoms with Gasteiger partial charge in [-0.25, -0.2) is 9.78 Å². The molecule has 0 spiro atoms. The summed E-state index contributed by atoms with van der Waals surface area (Å²) in [4.78, 5) is 28.1. The van der Waals surface area contributed by atoms with Gasteiger partial charge >= 0.3 is 5.97 Å². The van der Waals surface area contributed by atoms with E-state index in [1.54, 1.807) is 49.5 Å². The number of amides is 1. The second-order valence-electron chi connectivity index (χ2n) is 6.29. The zero-order valence-electron chi connectivity index (χ0n) is 15.4. The molecule has 0 saturated carbocycles. The van der Waals surface area contributed by atoms with E-state index in [1.165, 1.54) is 0 Å². The van der Waals surface area contributed by atoms with E-state index in [2.05, 4.69) is 29.5 Å². The zero-order chi connectivity index (χ0) is 18.9. The molecule has 6 heteroatoms. The molecule has 0 atom stereocenters. The number of carbonyl (C=O) groups excluding carboxylic acids is 2. The van der Waals surface area contributed by atoms with E-state index < -0.39 is 0 Å². The SMILES string of the molecule is CCOC(=O)c1ccc(Nc2cc(C(=O)NCCC(C)C)ccn2)cc1. The molecule has 1 aromatic carbocycles. The number of benzene rings is 1. The summed E-state index contributed by atoms with van der Waals surface area (Å²) in [5, 5.41) is 6.04. The van der Waals surface area contributed by atoms with Crippen molar-refractivity contribution < 1.29 is 14.3 Å². The van der Waals surface area contributed by atoms with Crippen LogP contribution in [0.3, 0.4) is 0 Å². The Morgan fingerprint density at radius 1 is 1.12 bits per heavy atom. The van der Waals surface area contributed by atoms with E-state index in [0.29, 0.717) is 36.0 Å². The van der Waals surface area contributed by atoms with Crippen LogP contribution in [0.15, 0.2) is 42.6 Å². The van der Waals surface area contributed by atoms with Gasteiger partial charge < -0.3 is 15.4 Å². The number of esters is 1. The van der Waals surface area contributed by atoms with Gasteiger partial charge in [0.15, 0.2) is 0 Å². The number of hydrogen-bond donors (Lipinski definition) is 2. The Balaban J connectivity index is 1.99. The lowest BCUT2D eigenvalue weighted by Crippen LogP contribution is -2.25. The number of aromatic nitrogens is 1. The van der Waals surface area contributed by atoms with Gasteiger partial charge in [-0.05, 0) is 55.7 Å². The maximum atomic E-state index is 12.2. The monoisotopic (exact) mass is 355 g/mol. The van der Waals surface area contributed by atoms with Crippen molar-refractivity contribution in [3.8, 4) is 0 Å². The maximum Gasteiger partial charge on any atom is 0.338 e. The van der Waals surface area contributed by atoms with E-state index in [4.69, 9.17) is 4.74 Å². The highest BCUT2D eigenvalue weighted by atomic mass is 16.5. The van der Waals surface area contributed by atoms with Crippen molar-refractivity contribution >= 4 is 23.4 Å². The van der Waals surface area contributed by atoms with Crippen molar-refractivity contribution in [1.29, 1.82) is 0 Å². The van der Waals surface area contributed by atoms with Gasteiger partial charge in [0.2, 0.25) is 0 Å². The lowest BCUT2D eigenvalue weighted by atomic mass is 10.1. The van der Waals surface area contributed by atoms with Crippen LogP contribution in [0.4, 0.5) is 11.5 Å². The van der Waals surface area contributed by atoms with Crippen LogP contribution < -0.4 is 10.6 Å². The fourth-order valence-corrected chi connectivity index (χ4v) is 2.27. The van der Waals surface area contributed by atoms with Crippen LogP contribution in [0.2, 0.25) is 0 Å². The summed E-state index contributed by atoms with van der Waals surface area (Å²) >= 11 is 0. The number of anilines is 2. The third-order valence-corrected chi connectivity index (χ3v) is 3.70. The van der Waals surface area contributed by atoms with Gasteiger partial charge in [-0.1, -0.05) is 13.8 Å². The van der Waals surface area contributed by atoms with Gasteiger partial charge in [-0.15, -0.1) is 0 Å². The highest BCUT2D eigenvalue weighted by molar-refractivity contribution is 5.95. The molecule has 1 aromatic heterocycles. The molecule has 0 aliphatic rings. The first-order valence-corrected chi connectivity index (χ1v) is 8.78. The van der Waals surface area contributed by atoms with Gasteiger partial charge in [-0.3, -0.25) is 4.79 Å². The Hall–Kier alpha value is -2.89. The van der Waals surface area contributed by atoms with Gasteiger partial charge in [0, 0.05) is 24.0 Å². The van der Waals surface area contributed by atoms with Crippen LogP contribution in [0, 0.1) is 5.92 Å². The van der Waals surface area contributed by atoms with Gasteiger partial charge in [-0.2, -0.15) is 0 Å². The molecule has 0 radical (unpaired) electrons. The van der Waals surface area contributed by atoms with Crippen LogP contribution in [0.25, 0.3) is 0 Å². The fourth-order valence-electron chi connectivity index (χ4n) is 2.27. The van der Waals surface area contributed by atoms with Crippen LogP contribution in [0.1, 0.15) is 47.9 Å². The Morgan fingerprint density at radius 2 is 1.85 bits per heavy atom. The minimum atomic E-state index is -0.350. The average molecular weight is 355 g/mol. The van der Waals surface area contributed by atoms with Crippen molar-refractivity contribution in [3.05, 3.63) is 53.7 Å². The minimum absolute atomic E-state index is 0.117. The fraction of sp³-hybridized carbons (Fsp3) is 0.350. The Kier molecular flexibility index (Phi) is 7.14. The number of nitrogens with zero attached hydrogens (tertiary/aromatic N) is 1. The molecule has 2 N–H and O–H groups in total. The Bertz CT molecular complexity index is 742. The molecule has 0 saturated heterocycles. The summed E-state index contributed by atoms with van der Waals surface area (Å²) in [5.74, 6) is 0.638. The van der Waals surface area contributed by atoms with Crippen molar-refractivity contribution in [1.82, 2.24) is 10.3 Å². The molecule has 0 aliphatic carbocycles. The molecule has 2 rings (SSSR count). The van der Waals surface area contributed by atoms with Crippen molar-refractivity contribution in [3.63, 3.8) is 0 Å². The Labute approximate surface area is 154 Å². The molecule has 0 aliphatic heterocycles. The van der Waals surface area contributed by atoms with Gasteiger partial charge in [0.25, 0.3) is 5.91 Å². The number of rotatable bonds is 8. The Morgan fingerprint density at radius 3 is 2.50 bits per heavy atom. The largest absolute Gasteiger partial charge is 0.462 e. The number of hydrogen-bond acceptors (Lipinski definition) is 5. The summed E-state index contributed by atoms with van der Waals surface area (Å²) in [7, 11) is 0. The molecule has 1 amide bonds. The van der Waals surface area contributed by atoms with E-state index in [9.17, 15) is 9.59 Å². The van der Waals surface area contributed by atoms with Crippen LogP contribution in [-0.2, 0) is 4.74 Å². The lowest BCUT2D eigenvalue weighted by molar-refractivity contribution is 0.0526. The minimum Gasteiger partial charge on any atom is -0.462 e. The second-order valence-corrected chi connectivity index (χ2v) is 6.29. The predicted molar refractivity (Wildman–Crippen MR) is 102 cm³/mol. The van der Waals surface area contributed by atoms with Crippen LogP contribution >= 0.6 is 0 Å². The standard InChI is InChI=1S/C20H25N3O3/c1-4-26-20(25)15-5-7-17(8-6-15)23-18-13-16(10-12-21-18)19(24)22-11-9-14(2)3/h5-8,10,12-14H,4,9,11H2,1-3H3,(H,21,23)(H,22,24). The summed E-state index contributed by atoms with van der Waals surface area (Å²) in [6, 6.07) is 10.3. The third kappa shape index (κ3) is 5.88. The molecule has 6 nitrogen and oxygen atoms in total. The summed E-state index contributed by atoms with van der Waals surface area (Å²) < 4.78 is 4.96. The number of carbonyl (C=O) groups is 2. The van der Waals surface area contributed by atoms with Gasteiger partial charge in [0.05, 0.1) is 12.2 Å². The first-order valence-electron chi connectivity index (χ1n) is 8.78. The molecule has 26 heavy (non-hydrogen) atoms. The number of pyridine rings is 1. The molecule has 0 unspecified atom stereocenters. The van der Waals surface area contributed by atoms with Crippen molar-refractivity contribution in [2.24, 2.45) is 5.92 Å². The molecule has 138 valence electrons. The molecule has 2 aromatic rings. The highest BCUT2D eigenvalue weighted by Crippen LogP contribution is 2.17. The van der Waals surface area contributed by atoms with E-state index in [-0.39, 0.29) is 11.9 Å². The van der Waals surface area contributed by atoms with Crippen LogP contribution in [0.5, 0.6) is 0 Å². The van der Waals surface area contributed by atoms with Gasteiger partial charge in [0.1, 0.15) is 5.82 Å². The van der Waals surface area contributed by atoms with E-state index >= 15 is 0 Å². The summed E-state index contributed by atoms with van der Waals surface area (Å²) in [6.45, 7) is 7.00. The lowest BCUT2D eigenvalue weighted by Gasteiger charge is -2.10. The maximum absolute atomic E-state index is 12.2. The van der Waals surface area contributed by atoms with Crippen LogP contribution in [-0.4, -0.2) is 30.0 Å². The highest BCUT2D eigenvalue weighted by Gasteiger charge is 2.08. The molecular weight excluding hydrogens is 330 g/mol. The van der Waals surface area contributed by atoms with Crippen molar-refractivity contribution in [2.75, 3.05) is 18.5 Å². The number of nitrogens with one attached hydrogen (secondary N) is 2. The smallest absolute Gasteiger partial charge is 0.338 e. The summed E-state index contributed by atoms with van der Waals surface area (Å²) in [5.41, 5.74) is 1.81.